The summed E-state index contributed by atoms with van der Waals surface area (Å²) in [5.74, 6) is 0.201. The van der Waals surface area contributed by atoms with Crippen molar-refractivity contribution >= 4 is 28.9 Å². The van der Waals surface area contributed by atoms with Crippen LogP contribution in [-0.4, -0.2) is 59.9 Å². The maximum Gasteiger partial charge on any atom is 0.433 e. The predicted molar refractivity (Wildman–Crippen MR) is 153 cm³/mol. The van der Waals surface area contributed by atoms with Crippen LogP contribution in [0, 0.1) is 12.8 Å². The van der Waals surface area contributed by atoms with Crippen LogP contribution in [-0.2, 0) is 11.0 Å². The highest BCUT2D eigenvalue weighted by Crippen LogP contribution is 2.39. The van der Waals surface area contributed by atoms with Crippen LogP contribution in [0.15, 0.2) is 48.7 Å². The van der Waals surface area contributed by atoms with Gasteiger partial charge in [0.2, 0.25) is 5.91 Å². The number of piperazine rings is 1. The van der Waals surface area contributed by atoms with E-state index in [0.29, 0.717) is 31.1 Å². The van der Waals surface area contributed by atoms with Gasteiger partial charge in [0.25, 0.3) is 0 Å². The van der Waals surface area contributed by atoms with Gasteiger partial charge in [-0.1, -0.05) is 43.6 Å². The Morgan fingerprint density at radius 1 is 1.00 bits per heavy atom. The molecule has 40 heavy (non-hydrogen) atoms. The number of piperidine rings is 1. The van der Waals surface area contributed by atoms with Crippen LogP contribution in [0.2, 0.25) is 5.02 Å². The summed E-state index contributed by atoms with van der Waals surface area (Å²) in [4.78, 5) is 18.7. The van der Waals surface area contributed by atoms with Gasteiger partial charge >= 0.3 is 6.18 Å². The maximum atomic E-state index is 13.8. The molecule has 0 spiro atoms. The molecular formula is C30H35ClF3N5O. The molecule has 5 rings (SSSR count). The van der Waals surface area contributed by atoms with Gasteiger partial charge in [-0.2, -0.15) is 18.3 Å². The third-order valence-electron chi connectivity index (χ3n) is 7.92. The van der Waals surface area contributed by atoms with Crippen LogP contribution in [0.25, 0.3) is 11.1 Å². The molecule has 2 aliphatic heterocycles. The number of amides is 1. The summed E-state index contributed by atoms with van der Waals surface area (Å²) in [7, 11) is 0. The highest BCUT2D eigenvalue weighted by Gasteiger charge is 2.39. The van der Waals surface area contributed by atoms with Crippen molar-refractivity contribution in [3.8, 4) is 11.1 Å². The van der Waals surface area contributed by atoms with Crippen LogP contribution in [0.5, 0.6) is 0 Å². The van der Waals surface area contributed by atoms with Crippen LogP contribution >= 0.6 is 11.6 Å². The van der Waals surface area contributed by atoms with Gasteiger partial charge in [0.15, 0.2) is 0 Å². The van der Waals surface area contributed by atoms with Crippen molar-refractivity contribution in [2.75, 3.05) is 49.1 Å². The Balaban J connectivity index is 1.35. The van der Waals surface area contributed by atoms with Crippen molar-refractivity contribution in [3.05, 3.63) is 64.9 Å². The number of aryl methyl sites for hydroxylation is 1. The SMILES string of the molecule is Cc1cnn(C2CCCN(c3cc(Cl)ccc3-c3ccc(N4CCN(C(=O)C(C)C)CC4)cc3)C2)c1C(F)(F)F. The van der Waals surface area contributed by atoms with Crippen molar-refractivity contribution in [2.24, 2.45) is 5.92 Å². The van der Waals surface area contributed by atoms with E-state index in [2.05, 4.69) is 39.2 Å². The van der Waals surface area contributed by atoms with Crippen molar-refractivity contribution < 1.29 is 18.0 Å². The van der Waals surface area contributed by atoms with E-state index in [0.717, 1.165) is 53.2 Å². The second kappa shape index (κ2) is 11.4. The first-order chi connectivity index (χ1) is 19.0. The summed E-state index contributed by atoms with van der Waals surface area (Å²) in [6.45, 7) is 9.44. The summed E-state index contributed by atoms with van der Waals surface area (Å²) < 4.78 is 42.6. The van der Waals surface area contributed by atoms with Gasteiger partial charge in [-0.25, -0.2) is 0 Å². The number of halogens is 4. The highest BCUT2D eigenvalue weighted by atomic mass is 35.5. The first-order valence-corrected chi connectivity index (χ1v) is 14.2. The molecular weight excluding hydrogens is 539 g/mol. The molecule has 0 bridgehead atoms. The van der Waals surface area contributed by atoms with E-state index in [-0.39, 0.29) is 17.4 Å². The topological polar surface area (TPSA) is 44.6 Å². The number of anilines is 2. The summed E-state index contributed by atoms with van der Waals surface area (Å²) in [6, 6.07) is 13.7. The van der Waals surface area contributed by atoms with E-state index in [9.17, 15) is 18.0 Å². The zero-order valence-electron chi connectivity index (χ0n) is 23.1. The molecule has 0 saturated carbocycles. The molecule has 0 N–H and O–H groups in total. The molecule has 2 aliphatic rings. The molecule has 0 radical (unpaired) electrons. The second-order valence-electron chi connectivity index (χ2n) is 11.0. The molecule has 0 aliphatic carbocycles. The van der Waals surface area contributed by atoms with E-state index in [1.807, 2.05) is 36.9 Å². The number of hydrogen-bond acceptors (Lipinski definition) is 4. The van der Waals surface area contributed by atoms with Gasteiger partial charge in [0, 0.05) is 67.1 Å². The van der Waals surface area contributed by atoms with E-state index < -0.39 is 17.9 Å². The van der Waals surface area contributed by atoms with E-state index >= 15 is 0 Å². The Bertz CT molecular complexity index is 1350. The molecule has 1 aromatic heterocycles. The zero-order chi connectivity index (χ0) is 28.6. The normalized spacial score (nSPS) is 18.5. The number of aromatic nitrogens is 2. The quantitative estimate of drug-likeness (QED) is 0.342. The Kier molecular flexibility index (Phi) is 8.04. The summed E-state index contributed by atoms with van der Waals surface area (Å²) in [5.41, 5.74) is 3.47. The lowest BCUT2D eigenvalue weighted by atomic mass is 9.99. The van der Waals surface area contributed by atoms with Crippen LogP contribution in [0.4, 0.5) is 24.5 Å². The molecule has 6 nitrogen and oxygen atoms in total. The molecule has 2 fully saturated rings. The number of benzene rings is 2. The van der Waals surface area contributed by atoms with E-state index in [4.69, 9.17) is 11.6 Å². The van der Waals surface area contributed by atoms with Crippen LogP contribution < -0.4 is 9.80 Å². The lowest BCUT2D eigenvalue weighted by molar-refractivity contribution is -0.145. The van der Waals surface area contributed by atoms with Crippen LogP contribution in [0.1, 0.15) is 44.0 Å². The molecule has 10 heteroatoms. The minimum absolute atomic E-state index is 0.00457. The third kappa shape index (κ3) is 5.80. The summed E-state index contributed by atoms with van der Waals surface area (Å²) in [5, 5.41) is 4.71. The van der Waals surface area contributed by atoms with Gasteiger partial charge in [-0.3, -0.25) is 9.48 Å². The van der Waals surface area contributed by atoms with Crippen molar-refractivity contribution in [3.63, 3.8) is 0 Å². The van der Waals surface area contributed by atoms with E-state index in [1.54, 1.807) is 0 Å². The first kappa shape index (κ1) is 28.3. The van der Waals surface area contributed by atoms with Crippen molar-refractivity contribution in [1.82, 2.24) is 14.7 Å². The van der Waals surface area contributed by atoms with Gasteiger partial charge in [0.1, 0.15) is 5.69 Å². The molecule has 214 valence electrons. The molecule has 3 aromatic rings. The lowest BCUT2D eigenvalue weighted by Gasteiger charge is -2.37. The minimum atomic E-state index is -4.46. The third-order valence-corrected chi connectivity index (χ3v) is 8.15. The molecule has 1 atom stereocenters. The monoisotopic (exact) mass is 573 g/mol. The zero-order valence-corrected chi connectivity index (χ0v) is 23.8. The van der Waals surface area contributed by atoms with E-state index in [1.165, 1.54) is 13.1 Å². The Morgan fingerprint density at radius 2 is 1.70 bits per heavy atom. The summed E-state index contributed by atoms with van der Waals surface area (Å²) in [6.07, 6.45) is -1.78. The molecule has 1 amide bonds. The highest BCUT2D eigenvalue weighted by molar-refractivity contribution is 6.31. The van der Waals surface area contributed by atoms with Gasteiger partial charge < -0.3 is 14.7 Å². The van der Waals surface area contributed by atoms with Crippen molar-refractivity contribution in [2.45, 2.75) is 45.8 Å². The number of carbonyl (C=O) groups is 1. The molecule has 2 saturated heterocycles. The number of carbonyl (C=O) groups excluding carboxylic acids is 1. The fraction of sp³-hybridized carbons (Fsp3) is 0.467. The Hall–Kier alpha value is -3.20. The standard InChI is InChI=1S/C30H35ClF3N5O/c1-20(2)29(40)37-15-13-36(14-16-37)24-9-6-22(7-10-24)26-11-8-23(31)17-27(26)38-12-4-5-25(19-38)39-28(30(32,33)34)21(3)18-35-39/h6-11,17-18,20,25H,4-5,12-16,19H2,1-3H3. The lowest BCUT2D eigenvalue weighted by Crippen LogP contribution is -2.49. The average molecular weight is 574 g/mol. The van der Waals surface area contributed by atoms with Gasteiger partial charge in [-0.05, 0) is 55.2 Å². The molecule has 1 unspecified atom stereocenters. The largest absolute Gasteiger partial charge is 0.433 e. The smallest absolute Gasteiger partial charge is 0.369 e. The molecule has 3 heterocycles. The fourth-order valence-electron chi connectivity index (χ4n) is 5.86. The number of alkyl halides is 3. The van der Waals surface area contributed by atoms with Gasteiger partial charge in [0.05, 0.1) is 12.2 Å². The van der Waals surface area contributed by atoms with Crippen LogP contribution in [0.3, 0.4) is 0 Å². The number of nitrogens with zero attached hydrogens (tertiary/aromatic N) is 5. The Morgan fingerprint density at radius 3 is 2.35 bits per heavy atom. The number of rotatable bonds is 5. The minimum Gasteiger partial charge on any atom is -0.369 e. The van der Waals surface area contributed by atoms with Crippen molar-refractivity contribution in [1.29, 1.82) is 0 Å². The predicted octanol–water partition coefficient (Wildman–Crippen LogP) is 6.68. The average Bonchev–Trinajstić information content (AvgIpc) is 3.35. The maximum absolute atomic E-state index is 13.8. The Labute approximate surface area is 238 Å². The van der Waals surface area contributed by atoms with Gasteiger partial charge in [-0.15, -0.1) is 0 Å². The summed E-state index contributed by atoms with van der Waals surface area (Å²) >= 11 is 6.42. The second-order valence-corrected chi connectivity index (χ2v) is 11.5. The first-order valence-electron chi connectivity index (χ1n) is 13.8. The number of hydrogen-bond donors (Lipinski definition) is 0. The fourth-order valence-corrected chi connectivity index (χ4v) is 6.03. The molecule has 2 aromatic carbocycles.